The number of hydrogen-bond donors (Lipinski definition) is 0. The van der Waals surface area contributed by atoms with Gasteiger partial charge >= 0.3 is 11.9 Å². The molecule has 0 aliphatic rings. The Hall–Kier alpha value is -1.06. The van der Waals surface area contributed by atoms with E-state index in [0.717, 1.165) is 0 Å². The van der Waals surface area contributed by atoms with Gasteiger partial charge in [0.15, 0.2) is 0 Å². The van der Waals surface area contributed by atoms with Gasteiger partial charge in [-0.1, -0.05) is 0 Å². The topological polar surface area (TPSA) is 52.6 Å². The van der Waals surface area contributed by atoms with Crippen molar-refractivity contribution in [2.24, 2.45) is 0 Å². The summed E-state index contributed by atoms with van der Waals surface area (Å²) in [7, 11) is 1.35. The van der Waals surface area contributed by atoms with E-state index in [2.05, 4.69) is 9.47 Å². The smallest absolute Gasteiger partial charge is 0.302 e. The normalized spacial score (nSPS) is 7.27. The first-order valence-electron chi connectivity index (χ1n) is 3.22. The van der Waals surface area contributed by atoms with Crippen LogP contribution in [0, 0.1) is 0 Å². The van der Waals surface area contributed by atoms with E-state index in [1.54, 1.807) is 6.92 Å². The first-order chi connectivity index (χ1) is 5.04. The van der Waals surface area contributed by atoms with E-state index < -0.39 is 0 Å². The van der Waals surface area contributed by atoms with Crippen LogP contribution in [0.15, 0.2) is 0 Å². The van der Waals surface area contributed by atoms with Crippen LogP contribution in [0.3, 0.4) is 0 Å². The monoisotopic (exact) mass is 162 g/mol. The molecule has 0 aromatic rings. The minimum absolute atomic E-state index is 0.211. The van der Waals surface area contributed by atoms with Crippen LogP contribution in [-0.4, -0.2) is 25.7 Å². The summed E-state index contributed by atoms with van der Waals surface area (Å²) in [5.74, 6) is -0.456. The van der Waals surface area contributed by atoms with E-state index in [1.165, 1.54) is 21.0 Å². The maximum Gasteiger partial charge on any atom is 0.302 e. The van der Waals surface area contributed by atoms with Crippen molar-refractivity contribution in [3.63, 3.8) is 0 Å². The minimum Gasteiger partial charge on any atom is -0.469 e. The van der Waals surface area contributed by atoms with Gasteiger partial charge in [-0.2, -0.15) is 0 Å². The highest BCUT2D eigenvalue weighted by Crippen LogP contribution is 1.69. The van der Waals surface area contributed by atoms with Crippen molar-refractivity contribution in [1.29, 1.82) is 0 Å². The Morgan fingerprint density at radius 1 is 1.18 bits per heavy atom. The third kappa shape index (κ3) is 27.7. The van der Waals surface area contributed by atoms with Gasteiger partial charge in [0, 0.05) is 13.8 Å². The summed E-state index contributed by atoms with van der Waals surface area (Å²) in [6.07, 6.45) is 0. The molecule has 0 bridgehead atoms. The molecule has 0 amide bonds. The van der Waals surface area contributed by atoms with Gasteiger partial charge in [-0.15, -0.1) is 0 Å². The van der Waals surface area contributed by atoms with Gasteiger partial charge in [-0.25, -0.2) is 0 Å². The molecule has 11 heavy (non-hydrogen) atoms. The second kappa shape index (κ2) is 8.94. The molecule has 0 saturated heterocycles. The summed E-state index contributed by atoms with van der Waals surface area (Å²) >= 11 is 0. The van der Waals surface area contributed by atoms with Gasteiger partial charge in [-0.3, -0.25) is 9.59 Å². The summed E-state index contributed by atoms with van der Waals surface area (Å²) in [5, 5.41) is 0. The second-order valence-corrected chi connectivity index (χ2v) is 1.62. The first-order valence-corrected chi connectivity index (χ1v) is 3.22. The van der Waals surface area contributed by atoms with E-state index in [4.69, 9.17) is 0 Å². The van der Waals surface area contributed by atoms with Gasteiger partial charge in [0.25, 0.3) is 0 Å². The zero-order valence-corrected chi connectivity index (χ0v) is 7.34. The zero-order valence-electron chi connectivity index (χ0n) is 7.34. The van der Waals surface area contributed by atoms with Crippen LogP contribution in [0.2, 0.25) is 0 Å². The summed E-state index contributed by atoms with van der Waals surface area (Å²) < 4.78 is 8.51. The molecule has 0 N–H and O–H groups in total. The molecule has 0 aliphatic carbocycles. The van der Waals surface area contributed by atoms with Gasteiger partial charge in [-0.05, 0) is 6.92 Å². The molecular formula is C7H14O4. The Bertz CT molecular complexity index is 120. The maximum absolute atomic E-state index is 9.82. The molecule has 4 heteroatoms. The van der Waals surface area contributed by atoms with Crippen molar-refractivity contribution in [2.45, 2.75) is 20.8 Å². The molecule has 0 rings (SSSR count). The van der Waals surface area contributed by atoms with Crippen molar-refractivity contribution >= 4 is 11.9 Å². The molecular weight excluding hydrogens is 148 g/mol. The number of carbonyl (C=O) groups excluding carboxylic acids is 2. The number of carbonyl (C=O) groups is 2. The molecule has 0 aromatic carbocycles. The van der Waals surface area contributed by atoms with Crippen LogP contribution in [0.5, 0.6) is 0 Å². The highest BCUT2D eigenvalue weighted by atomic mass is 16.5. The van der Waals surface area contributed by atoms with E-state index in [-0.39, 0.29) is 11.9 Å². The molecule has 0 unspecified atom stereocenters. The lowest BCUT2D eigenvalue weighted by atomic mass is 10.8. The van der Waals surface area contributed by atoms with E-state index in [1.807, 2.05) is 0 Å². The van der Waals surface area contributed by atoms with Crippen LogP contribution in [-0.2, 0) is 19.1 Å². The third-order valence-corrected chi connectivity index (χ3v) is 0.635. The van der Waals surface area contributed by atoms with Crippen molar-refractivity contribution in [3.05, 3.63) is 0 Å². The Kier molecular flexibility index (Phi) is 10.2. The first kappa shape index (κ1) is 12.6. The molecule has 0 spiro atoms. The van der Waals surface area contributed by atoms with Gasteiger partial charge < -0.3 is 9.47 Å². The van der Waals surface area contributed by atoms with Crippen molar-refractivity contribution < 1.29 is 19.1 Å². The van der Waals surface area contributed by atoms with E-state index >= 15 is 0 Å². The molecule has 66 valence electrons. The molecule has 0 radical (unpaired) electrons. The van der Waals surface area contributed by atoms with E-state index in [9.17, 15) is 9.59 Å². The summed E-state index contributed by atoms with van der Waals surface area (Å²) in [5.41, 5.74) is 0. The number of methoxy groups -OCH3 is 1. The fourth-order valence-electron chi connectivity index (χ4n) is 0.203. The standard InChI is InChI=1S/C4H8O2.C3H6O2/c1-3-6-4(2)5;1-3(4)5-2/h3H2,1-2H3;1-2H3. The highest BCUT2D eigenvalue weighted by Gasteiger charge is 1.81. The minimum atomic E-state index is -0.245. The summed E-state index contributed by atoms with van der Waals surface area (Å²) in [6, 6.07) is 0. The Balaban J connectivity index is 0. The van der Waals surface area contributed by atoms with Crippen molar-refractivity contribution in [3.8, 4) is 0 Å². The molecule has 4 nitrogen and oxygen atoms in total. The fourth-order valence-corrected chi connectivity index (χ4v) is 0.203. The lowest BCUT2D eigenvalue weighted by molar-refractivity contribution is -0.140. The Morgan fingerprint density at radius 2 is 1.55 bits per heavy atom. The van der Waals surface area contributed by atoms with Crippen LogP contribution < -0.4 is 0 Å². The molecule has 0 saturated carbocycles. The molecule has 0 aliphatic heterocycles. The molecule has 0 atom stereocenters. The van der Waals surface area contributed by atoms with Gasteiger partial charge in [0.1, 0.15) is 0 Å². The van der Waals surface area contributed by atoms with Gasteiger partial charge in [0.05, 0.1) is 13.7 Å². The SMILES string of the molecule is CCOC(C)=O.COC(C)=O. The highest BCUT2D eigenvalue weighted by molar-refractivity contribution is 5.65. The lowest BCUT2D eigenvalue weighted by Crippen LogP contribution is -1.95. The number of esters is 2. The number of rotatable bonds is 1. The Morgan fingerprint density at radius 3 is 1.55 bits per heavy atom. The largest absolute Gasteiger partial charge is 0.469 e. The lowest BCUT2D eigenvalue weighted by Gasteiger charge is -1.89. The Labute approximate surface area is 66.5 Å². The number of ether oxygens (including phenoxy) is 2. The van der Waals surface area contributed by atoms with Crippen LogP contribution in [0.25, 0.3) is 0 Å². The van der Waals surface area contributed by atoms with Crippen LogP contribution in [0.1, 0.15) is 20.8 Å². The van der Waals surface area contributed by atoms with E-state index in [0.29, 0.717) is 6.61 Å². The van der Waals surface area contributed by atoms with Crippen LogP contribution in [0.4, 0.5) is 0 Å². The molecule has 0 heterocycles. The average Bonchev–Trinajstić information content (AvgIpc) is 1.89. The molecule has 0 aromatic heterocycles. The zero-order chi connectivity index (χ0) is 9.28. The van der Waals surface area contributed by atoms with Crippen molar-refractivity contribution in [2.75, 3.05) is 13.7 Å². The fraction of sp³-hybridized carbons (Fsp3) is 0.714. The quantitative estimate of drug-likeness (QED) is 0.534. The second-order valence-electron chi connectivity index (χ2n) is 1.62. The van der Waals surface area contributed by atoms with Crippen molar-refractivity contribution in [1.82, 2.24) is 0 Å². The summed E-state index contributed by atoms with van der Waals surface area (Å²) in [4.78, 5) is 19.4. The van der Waals surface area contributed by atoms with Gasteiger partial charge in [0.2, 0.25) is 0 Å². The van der Waals surface area contributed by atoms with Crippen LogP contribution >= 0.6 is 0 Å². The summed E-state index contributed by atoms with van der Waals surface area (Å²) in [6.45, 7) is 5.01. The average molecular weight is 162 g/mol. The predicted octanol–water partition coefficient (Wildman–Crippen LogP) is 0.749. The third-order valence-electron chi connectivity index (χ3n) is 0.635. The molecule has 0 fully saturated rings. The predicted molar refractivity (Wildman–Crippen MR) is 40.0 cm³/mol. The number of hydrogen-bond acceptors (Lipinski definition) is 4. The maximum atomic E-state index is 9.82.